The summed E-state index contributed by atoms with van der Waals surface area (Å²) in [6, 6.07) is 18.3. The molecule has 3 nitrogen and oxygen atoms in total. The highest BCUT2D eigenvalue weighted by molar-refractivity contribution is 5.44. The van der Waals surface area contributed by atoms with Gasteiger partial charge in [-0.3, -0.25) is 0 Å². The lowest BCUT2D eigenvalue weighted by molar-refractivity contribution is 0.774. The topological polar surface area (TPSA) is 39.9 Å². The van der Waals surface area contributed by atoms with E-state index in [-0.39, 0.29) is 0 Å². The van der Waals surface area contributed by atoms with Crippen LogP contribution in [0.1, 0.15) is 23.6 Å². The molecule has 1 fully saturated rings. The number of benzene rings is 1. The van der Waals surface area contributed by atoms with Gasteiger partial charge in [0, 0.05) is 19.0 Å². The smallest absolute Gasteiger partial charge is 0.142 e. The normalized spacial score (nSPS) is 18.3. The molecule has 3 rings (SSSR count). The molecule has 1 aromatic heterocycles. The Morgan fingerprint density at radius 3 is 2.74 bits per heavy atom. The standard InChI is InChI=1S/C16H15N3/c17-11-15-7-4-8-16(18-15)19-10-9-14(12-19)13-5-2-1-3-6-13/h1-8,14H,9-10,12H2. The van der Waals surface area contributed by atoms with Gasteiger partial charge in [-0.25, -0.2) is 4.98 Å². The van der Waals surface area contributed by atoms with E-state index in [1.54, 1.807) is 6.07 Å². The summed E-state index contributed by atoms with van der Waals surface area (Å²) in [5, 5.41) is 8.90. The Kier molecular flexibility index (Phi) is 3.16. The minimum absolute atomic E-state index is 0.487. The van der Waals surface area contributed by atoms with Crippen LogP contribution in [-0.4, -0.2) is 18.1 Å². The summed E-state index contributed by atoms with van der Waals surface area (Å²) in [6.45, 7) is 1.98. The van der Waals surface area contributed by atoms with Crippen molar-refractivity contribution in [2.24, 2.45) is 0 Å². The Morgan fingerprint density at radius 2 is 1.95 bits per heavy atom. The lowest BCUT2D eigenvalue weighted by Gasteiger charge is -2.17. The summed E-state index contributed by atoms with van der Waals surface area (Å²) in [5.41, 5.74) is 1.88. The molecule has 1 unspecified atom stereocenters. The number of rotatable bonds is 2. The highest BCUT2D eigenvalue weighted by Gasteiger charge is 2.24. The van der Waals surface area contributed by atoms with Crippen molar-refractivity contribution in [2.45, 2.75) is 12.3 Å². The Bertz CT molecular complexity index is 601. The third kappa shape index (κ3) is 2.43. The molecule has 3 heteroatoms. The first-order chi connectivity index (χ1) is 9.36. The zero-order chi connectivity index (χ0) is 13.1. The van der Waals surface area contributed by atoms with Gasteiger partial charge in [0.25, 0.3) is 0 Å². The van der Waals surface area contributed by atoms with E-state index >= 15 is 0 Å². The van der Waals surface area contributed by atoms with Crippen LogP contribution in [0, 0.1) is 11.3 Å². The number of nitriles is 1. The fourth-order valence-corrected chi connectivity index (χ4v) is 2.63. The highest BCUT2D eigenvalue weighted by Crippen LogP contribution is 2.29. The maximum atomic E-state index is 8.90. The molecule has 2 aromatic rings. The monoisotopic (exact) mass is 249 g/mol. The van der Waals surface area contributed by atoms with E-state index in [2.05, 4.69) is 40.2 Å². The maximum Gasteiger partial charge on any atom is 0.142 e. The largest absolute Gasteiger partial charge is 0.356 e. The Hall–Kier alpha value is -2.34. The van der Waals surface area contributed by atoms with E-state index in [1.807, 2.05) is 18.2 Å². The Morgan fingerprint density at radius 1 is 1.11 bits per heavy atom. The molecular formula is C16H15N3. The van der Waals surface area contributed by atoms with Crippen molar-refractivity contribution in [1.82, 2.24) is 4.98 Å². The van der Waals surface area contributed by atoms with Gasteiger partial charge in [0.2, 0.25) is 0 Å². The van der Waals surface area contributed by atoms with Crippen LogP contribution in [0.2, 0.25) is 0 Å². The van der Waals surface area contributed by atoms with Gasteiger partial charge in [-0.1, -0.05) is 36.4 Å². The number of pyridine rings is 1. The molecule has 1 aliphatic heterocycles. The van der Waals surface area contributed by atoms with Crippen LogP contribution < -0.4 is 4.90 Å². The Labute approximate surface area is 113 Å². The second-order valence-corrected chi connectivity index (χ2v) is 4.84. The average molecular weight is 249 g/mol. The molecule has 1 aromatic carbocycles. The first kappa shape index (κ1) is 11.7. The van der Waals surface area contributed by atoms with Gasteiger partial charge >= 0.3 is 0 Å². The van der Waals surface area contributed by atoms with Crippen molar-refractivity contribution >= 4 is 5.82 Å². The summed E-state index contributed by atoms with van der Waals surface area (Å²) in [6.07, 6.45) is 1.14. The molecule has 0 bridgehead atoms. The zero-order valence-corrected chi connectivity index (χ0v) is 10.7. The second kappa shape index (κ2) is 5.11. The van der Waals surface area contributed by atoms with Gasteiger partial charge < -0.3 is 4.90 Å². The number of anilines is 1. The van der Waals surface area contributed by atoms with Crippen molar-refractivity contribution in [2.75, 3.05) is 18.0 Å². The molecule has 94 valence electrons. The number of nitrogens with zero attached hydrogens (tertiary/aromatic N) is 3. The molecule has 0 radical (unpaired) electrons. The molecular weight excluding hydrogens is 234 g/mol. The van der Waals surface area contributed by atoms with E-state index in [0.29, 0.717) is 11.6 Å². The number of aromatic nitrogens is 1. The fraction of sp³-hybridized carbons (Fsp3) is 0.250. The van der Waals surface area contributed by atoms with Gasteiger partial charge in [-0.2, -0.15) is 5.26 Å². The van der Waals surface area contributed by atoms with Crippen molar-refractivity contribution < 1.29 is 0 Å². The number of hydrogen-bond donors (Lipinski definition) is 0. The SMILES string of the molecule is N#Cc1cccc(N2CCC(c3ccccc3)C2)n1. The molecule has 0 aliphatic carbocycles. The quantitative estimate of drug-likeness (QED) is 0.821. The van der Waals surface area contributed by atoms with Gasteiger partial charge in [0.15, 0.2) is 0 Å². The van der Waals surface area contributed by atoms with Crippen LogP contribution in [0.3, 0.4) is 0 Å². The van der Waals surface area contributed by atoms with E-state index in [4.69, 9.17) is 5.26 Å². The van der Waals surface area contributed by atoms with Crippen molar-refractivity contribution in [1.29, 1.82) is 5.26 Å². The number of hydrogen-bond acceptors (Lipinski definition) is 3. The first-order valence-corrected chi connectivity index (χ1v) is 6.54. The van der Waals surface area contributed by atoms with Crippen molar-refractivity contribution in [3.8, 4) is 6.07 Å². The van der Waals surface area contributed by atoms with Crippen LogP contribution in [0.5, 0.6) is 0 Å². The predicted molar refractivity (Wildman–Crippen MR) is 75.0 cm³/mol. The van der Waals surface area contributed by atoms with Gasteiger partial charge in [0.1, 0.15) is 17.6 Å². The summed E-state index contributed by atoms with van der Waals surface area (Å²) < 4.78 is 0. The lowest BCUT2D eigenvalue weighted by Crippen LogP contribution is -2.20. The van der Waals surface area contributed by atoms with E-state index in [1.165, 1.54) is 5.56 Å². The summed E-state index contributed by atoms with van der Waals surface area (Å²) in [7, 11) is 0. The van der Waals surface area contributed by atoms with Gasteiger partial charge in [-0.05, 0) is 24.1 Å². The second-order valence-electron chi connectivity index (χ2n) is 4.84. The van der Waals surface area contributed by atoms with Crippen LogP contribution in [-0.2, 0) is 0 Å². The molecule has 0 saturated carbocycles. The van der Waals surface area contributed by atoms with E-state index in [9.17, 15) is 0 Å². The minimum atomic E-state index is 0.487. The summed E-state index contributed by atoms with van der Waals surface area (Å²) >= 11 is 0. The van der Waals surface area contributed by atoms with Crippen LogP contribution in [0.15, 0.2) is 48.5 Å². The Balaban J connectivity index is 1.77. The third-order valence-electron chi connectivity index (χ3n) is 3.63. The maximum absolute atomic E-state index is 8.90. The zero-order valence-electron chi connectivity index (χ0n) is 10.7. The summed E-state index contributed by atoms with van der Waals surface area (Å²) in [4.78, 5) is 6.63. The highest BCUT2D eigenvalue weighted by atomic mass is 15.2. The fourth-order valence-electron chi connectivity index (χ4n) is 2.63. The predicted octanol–water partition coefficient (Wildman–Crippen LogP) is 2.95. The van der Waals surface area contributed by atoms with Gasteiger partial charge in [0.05, 0.1) is 0 Å². The van der Waals surface area contributed by atoms with Crippen LogP contribution in [0.25, 0.3) is 0 Å². The van der Waals surface area contributed by atoms with Crippen molar-refractivity contribution in [3.05, 3.63) is 59.8 Å². The molecule has 2 heterocycles. The molecule has 19 heavy (non-hydrogen) atoms. The van der Waals surface area contributed by atoms with Crippen LogP contribution in [0.4, 0.5) is 5.82 Å². The molecule has 0 amide bonds. The molecule has 0 spiro atoms. The van der Waals surface area contributed by atoms with Crippen molar-refractivity contribution in [3.63, 3.8) is 0 Å². The first-order valence-electron chi connectivity index (χ1n) is 6.54. The molecule has 1 saturated heterocycles. The van der Waals surface area contributed by atoms with Crippen LogP contribution >= 0.6 is 0 Å². The van der Waals surface area contributed by atoms with E-state index in [0.717, 1.165) is 25.3 Å². The average Bonchev–Trinajstić information content (AvgIpc) is 2.98. The minimum Gasteiger partial charge on any atom is -0.356 e. The molecule has 1 aliphatic rings. The third-order valence-corrected chi connectivity index (χ3v) is 3.63. The molecule has 0 N–H and O–H groups in total. The summed E-state index contributed by atoms with van der Waals surface area (Å²) in [5.74, 6) is 1.48. The molecule has 1 atom stereocenters. The van der Waals surface area contributed by atoms with Gasteiger partial charge in [-0.15, -0.1) is 0 Å². The van der Waals surface area contributed by atoms with E-state index < -0.39 is 0 Å². The lowest BCUT2D eigenvalue weighted by atomic mass is 9.99.